The first-order chi connectivity index (χ1) is 29.5. The Kier molecular flexibility index (Phi) is 8.49. The van der Waals surface area contributed by atoms with Gasteiger partial charge in [0.05, 0.1) is 22.1 Å². The summed E-state index contributed by atoms with van der Waals surface area (Å²) in [6.07, 6.45) is 0. The van der Waals surface area contributed by atoms with Crippen LogP contribution in [0.2, 0.25) is 0 Å². The van der Waals surface area contributed by atoms with Crippen molar-refractivity contribution in [1.29, 1.82) is 0 Å². The molecule has 0 amide bonds. The Morgan fingerprint density at radius 3 is 1.62 bits per heavy atom. The van der Waals surface area contributed by atoms with Gasteiger partial charge in [-0.25, -0.2) is 0 Å². The molecule has 0 aliphatic rings. The lowest BCUT2D eigenvalue weighted by molar-refractivity contribution is 0.670. The highest BCUT2D eigenvalue weighted by atomic mass is 16.3. The summed E-state index contributed by atoms with van der Waals surface area (Å²) in [6.45, 7) is 6.69. The van der Waals surface area contributed by atoms with E-state index in [4.69, 9.17) is 4.42 Å². The molecule has 0 aliphatic carbocycles. The van der Waals surface area contributed by atoms with E-state index in [2.05, 4.69) is 230 Å². The van der Waals surface area contributed by atoms with Crippen LogP contribution in [-0.4, -0.2) is 4.57 Å². The van der Waals surface area contributed by atoms with Gasteiger partial charge in [-0.1, -0.05) is 133 Å². The quantitative estimate of drug-likeness (QED) is 0.161. The molecular formula is C57H42N2O. The summed E-state index contributed by atoms with van der Waals surface area (Å²) in [7, 11) is 0. The molecule has 0 radical (unpaired) electrons. The van der Waals surface area contributed by atoms with Gasteiger partial charge >= 0.3 is 0 Å². The summed E-state index contributed by atoms with van der Waals surface area (Å²) in [5.41, 5.74) is 19.2. The summed E-state index contributed by atoms with van der Waals surface area (Å²) < 4.78 is 9.29. The van der Waals surface area contributed by atoms with Crippen molar-refractivity contribution >= 4 is 60.8 Å². The highest BCUT2D eigenvalue weighted by molar-refractivity contribution is 6.17. The van der Waals surface area contributed by atoms with Crippen molar-refractivity contribution in [3.05, 3.63) is 217 Å². The van der Waals surface area contributed by atoms with E-state index < -0.39 is 0 Å². The molecule has 2 aromatic heterocycles. The van der Waals surface area contributed by atoms with Crippen LogP contribution in [0.5, 0.6) is 0 Å². The molecule has 60 heavy (non-hydrogen) atoms. The molecule has 0 saturated carbocycles. The van der Waals surface area contributed by atoms with Crippen LogP contribution in [0.25, 0.3) is 82.8 Å². The maximum absolute atomic E-state index is 6.92. The normalized spacial score (nSPS) is 11.6. The zero-order valence-electron chi connectivity index (χ0n) is 33.9. The van der Waals surface area contributed by atoms with Crippen molar-refractivity contribution in [2.24, 2.45) is 0 Å². The maximum Gasteiger partial charge on any atom is 0.145 e. The first-order valence-electron chi connectivity index (χ1n) is 20.7. The van der Waals surface area contributed by atoms with E-state index in [0.717, 1.165) is 55.8 Å². The fourth-order valence-electron chi connectivity index (χ4n) is 9.29. The number of rotatable bonds is 7. The zero-order valence-corrected chi connectivity index (χ0v) is 33.9. The predicted molar refractivity (Wildman–Crippen MR) is 253 cm³/mol. The zero-order chi connectivity index (χ0) is 40.3. The van der Waals surface area contributed by atoms with Gasteiger partial charge in [-0.05, 0) is 132 Å². The molecule has 0 saturated heterocycles. The van der Waals surface area contributed by atoms with Crippen LogP contribution in [0.1, 0.15) is 16.7 Å². The second kappa shape index (κ2) is 14.3. The molecule has 0 atom stereocenters. The number of benzene rings is 9. The molecule has 0 spiro atoms. The van der Waals surface area contributed by atoms with Crippen molar-refractivity contribution in [1.82, 2.24) is 4.57 Å². The van der Waals surface area contributed by atoms with Crippen LogP contribution in [-0.2, 0) is 0 Å². The van der Waals surface area contributed by atoms with Gasteiger partial charge in [0.25, 0.3) is 0 Å². The van der Waals surface area contributed by atoms with Gasteiger partial charge in [-0.2, -0.15) is 0 Å². The SMILES string of the molecule is Cc1cc(N(c2ccc(-c3ccccc3)cc2C)c2ccc(-c3ccc(-n4c5ccccc5c5ccccc54)cc3)c3oc4ccccc4c23)c(C)cc1-c1ccccc1. The minimum Gasteiger partial charge on any atom is -0.455 e. The summed E-state index contributed by atoms with van der Waals surface area (Å²) >= 11 is 0. The Labute approximate surface area is 350 Å². The van der Waals surface area contributed by atoms with Gasteiger partial charge in [0, 0.05) is 38.8 Å². The van der Waals surface area contributed by atoms with Gasteiger partial charge < -0.3 is 13.9 Å². The monoisotopic (exact) mass is 770 g/mol. The number of fused-ring (bicyclic) bond motifs is 6. The van der Waals surface area contributed by atoms with E-state index in [0.29, 0.717) is 0 Å². The molecule has 2 heterocycles. The molecule has 0 N–H and O–H groups in total. The van der Waals surface area contributed by atoms with Gasteiger partial charge in [-0.15, -0.1) is 0 Å². The van der Waals surface area contributed by atoms with Crippen LogP contribution in [0.4, 0.5) is 17.1 Å². The average molecular weight is 771 g/mol. The predicted octanol–water partition coefficient (Wildman–Crippen LogP) is 16.1. The standard InChI is InChI=1S/C57H42N2O/c1-37-36-54(39(3)35-49(37)41-18-8-5-9-19-41)59(50-32-28-43(34-38(50)2)40-16-6-4-7-17-40)53-33-31-45(57-56(53)48-22-12-15-25-55(48)60-57)42-26-29-44(30-27-42)58-51-23-13-10-20-46(51)47-21-11-14-24-52(47)58/h4-36H,1-3H3. The van der Waals surface area contributed by atoms with E-state index >= 15 is 0 Å². The second-order valence-corrected chi connectivity index (χ2v) is 15.9. The van der Waals surface area contributed by atoms with E-state index in [1.54, 1.807) is 0 Å². The topological polar surface area (TPSA) is 21.3 Å². The smallest absolute Gasteiger partial charge is 0.145 e. The van der Waals surface area contributed by atoms with Crippen LogP contribution in [0.3, 0.4) is 0 Å². The number of para-hydroxylation sites is 3. The minimum atomic E-state index is 0.867. The molecular weight excluding hydrogens is 729 g/mol. The lowest BCUT2D eigenvalue weighted by Gasteiger charge is -2.30. The number of nitrogens with zero attached hydrogens (tertiary/aromatic N) is 2. The lowest BCUT2D eigenvalue weighted by atomic mass is 9.95. The maximum atomic E-state index is 6.92. The summed E-state index contributed by atoms with van der Waals surface area (Å²) in [5.74, 6) is 0. The van der Waals surface area contributed by atoms with Crippen LogP contribution in [0, 0.1) is 20.8 Å². The Morgan fingerprint density at radius 2 is 0.933 bits per heavy atom. The lowest BCUT2D eigenvalue weighted by Crippen LogP contribution is -2.14. The fraction of sp³-hybridized carbons (Fsp3) is 0.0526. The van der Waals surface area contributed by atoms with Gasteiger partial charge in [0.2, 0.25) is 0 Å². The van der Waals surface area contributed by atoms with Crippen molar-refractivity contribution in [3.63, 3.8) is 0 Å². The van der Waals surface area contributed by atoms with Crippen LogP contribution < -0.4 is 4.90 Å². The minimum absolute atomic E-state index is 0.867. The highest BCUT2D eigenvalue weighted by Gasteiger charge is 2.25. The van der Waals surface area contributed by atoms with Gasteiger partial charge in [0.15, 0.2) is 0 Å². The average Bonchev–Trinajstić information content (AvgIpc) is 3.85. The third-order valence-corrected chi connectivity index (χ3v) is 12.2. The number of hydrogen-bond donors (Lipinski definition) is 0. The third kappa shape index (κ3) is 5.81. The number of furan rings is 1. The number of aromatic nitrogens is 1. The molecule has 0 fully saturated rings. The van der Waals surface area contributed by atoms with E-state index in [9.17, 15) is 0 Å². The van der Waals surface area contributed by atoms with E-state index in [1.807, 2.05) is 0 Å². The molecule has 3 nitrogen and oxygen atoms in total. The summed E-state index contributed by atoms with van der Waals surface area (Å²) in [4.78, 5) is 2.46. The molecule has 9 aromatic carbocycles. The molecule has 0 bridgehead atoms. The van der Waals surface area contributed by atoms with Crippen molar-refractivity contribution in [3.8, 4) is 39.1 Å². The number of aryl methyl sites for hydroxylation is 3. The van der Waals surface area contributed by atoms with Gasteiger partial charge in [-0.3, -0.25) is 0 Å². The fourth-order valence-corrected chi connectivity index (χ4v) is 9.29. The van der Waals surface area contributed by atoms with Crippen molar-refractivity contribution in [2.75, 3.05) is 4.90 Å². The largest absolute Gasteiger partial charge is 0.455 e. The van der Waals surface area contributed by atoms with Crippen molar-refractivity contribution in [2.45, 2.75) is 20.8 Å². The third-order valence-electron chi connectivity index (χ3n) is 12.2. The second-order valence-electron chi connectivity index (χ2n) is 15.9. The number of anilines is 3. The summed E-state index contributed by atoms with van der Waals surface area (Å²) in [5, 5.41) is 4.69. The molecule has 286 valence electrons. The Bertz CT molecular complexity index is 3340. The molecule has 0 aliphatic heterocycles. The van der Waals surface area contributed by atoms with Crippen LogP contribution >= 0.6 is 0 Å². The molecule has 3 heteroatoms. The van der Waals surface area contributed by atoms with E-state index in [-0.39, 0.29) is 0 Å². The first-order valence-corrected chi connectivity index (χ1v) is 20.7. The number of hydrogen-bond acceptors (Lipinski definition) is 2. The molecule has 0 unspecified atom stereocenters. The van der Waals surface area contributed by atoms with E-state index in [1.165, 1.54) is 60.8 Å². The Hall–Kier alpha value is -7.62. The Balaban J connectivity index is 1.11. The van der Waals surface area contributed by atoms with Crippen molar-refractivity contribution < 1.29 is 4.42 Å². The molecule has 11 rings (SSSR count). The van der Waals surface area contributed by atoms with Gasteiger partial charge in [0.1, 0.15) is 11.2 Å². The first kappa shape index (κ1) is 35.5. The van der Waals surface area contributed by atoms with Crippen LogP contribution in [0.15, 0.2) is 205 Å². The summed E-state index contributed by atoms with van der Waals surface area (Å²) in [6, 6.07) is 72.2. The highest BCUT2D eigenvalue weighted by Crippen LogP contribution is 2.48. The Morgan fingerprint density at radius 1 is 0.383 bits per heavy atom. The molecule has 11 aromatic rings.